The van der Waals surface area contributed by atoms with Gasteiger partial charge in [0.1, 0.15) is 13.2 Å². The number of fused-ring (bicyclic) bond motifs is 1. The predicted octanol–water partition coefficient (Wildman–Crippen LogP) is 2.94. The van der Waals surface area contributed by atoms with E-state index in [9.17, 15) is 4.79 Å². The lowest BCUT2D eigenvalue weighted by Gasteiger charge is -2.22. The van der Waals surface area contributed by atoms with Crippen LogP contribution in [0.25, 0.3) is 0 Å². The van der Waals surface area contributed by atoms with Gasteiger partial charge in [-0.15, -0.1) is 0 Å². The second-order valence-corrected chi connectivity index (χ2v) is 6.44. The van der Waals surface area contributed by atoms with E-state index in [-0.39, 0.29) is 5.91 Å². The van der Waals surface area contributed by atoms with E-state index in [0.717, 1.165) is 6.42 Å². The molecule has 2 aliphatic rings. The first-order valence-electron chi connectivity index (χ1n) is 9.15. The van der Waals surface area contributed by atoms with Gasteiger partial charge in [-0.05, 0) is 31.4 Å². The van der Waals surface area contributed by atoms with Crippen LogP contribution in [0.15, 0.2) is 12.1 Å². The van der Waals surface area contributed by atoms with E-state index in [0.29, 0.717) is 55.3 Å². The first-order valence-corrected chi connectivity index (χ1v) is 9.15. The minimum Gasteiger partial charge on any atom is -0.493 e. The highest BCUT2D eigenvalue weighted by molar-refractivity contribution is 5.95. The number of ether oxygens (including phenoxy) is 4. The van der Waals surface area contributed by atoms with E-state index in [2.05, 4.69) is 5.32 Å². The second-order valence-electron chi connectivity index (χ2n) is 6.44. The number of carbonyl (C=O) groups is 1. The summed E-state index contributed by atoms with van der Waals surface area (Å²) in [6, 6.07) is 3.38. The van der Waals surface area contributed by atoms with Gasteiger partial charge in [-0.1, -0.05) is 19.3 Å². The minimum atomic E-state index is -0.145. The molecule has 0 atom stereocenters. The number of amides is 1. The summed E-state index contributed by atoms with van der Waals surface area (Å²) < 4.78 is 22.3. The van der Waals surface area contributed by atoms with Gasteiger partial charge >= 0.3 is 0 Å². The highest BCUT2D eigenvalue weighted by Gasteiger charge is 2.20. The molecule has 1 amide bonds. The largest absolute Gasteiger partial charge is 0.493 e. The Balaban J connectivity index is 1.46. The molecule has 1 saturated carbocycles. The summed E-state index contributed by atoms with van der Waals surface area (Å²) in [6.07, 6.45) is 7.43. The van der Waals surface area contributed by atoms with Crippen molar-refractivity contribution in [1.29, 1.82) is 0 Å². The zero-order valence-electron chi connectivity index (χ0n) is 14.8. The smallest absolute Gasteiger partial charge is 0.251 e. The maximum atomic E-state index is 12.4. The van der Waals surface area contributed by atoms with Gasteiger partial charge in [0.05, 0.1) is 13.2 Å². The van der Waals surface area contributed by atoms with E-state index in [1.807, 2.05) is 0 Å². The third-order valence-corrected chi connectivity index (χ3v) is 4.60. The maximum Gasteiger partial charge on any atom is 0.251 e. The molecule has 1 fully saturated rings. The van der Waals surface area contributed by atoms with Crippen LogP contribution in [0.3, 0.4) is 0 Å². The standard InChI is InChI=1S/C19H27NO5/c1-22-16-12-14(13-17-18(16)25-11-10-24-17)19(21)20-8-5-9-23-15-6-3-2-4-7-15/h12-13,15H,2-11H2,1H3,(H,20,21). The molecule has 1 aromatic rings. The third-order valence-electron chi connectivity index (χ3n) is 4.60. The molecule has 0 saturated heterocycles. The van der Waals surface area contributed by atoms with Crippen LogP contribution in [0.4, 0.5) is 0 Å². The van der Waals surface area contributed by atoms with Crippen molar-refractivity contribution in [3.8, 4) is 17.2 Å². The number of benzene rings is 1. The van der Waals surface area contributed by atoms with Crippen LogP contribution in [0, 0.1) is 0 Å². The van der Waals surface area contributed by atoms with E-state index < -0.39 is 0 Å². The maximum absolute atomic E-state index is 12.4. The van der Waals surface area contributed by atoms with Crippen LogP contribution in [-0.2, 0) is 4.74 Å². The molecule has 1 heterocycles. The molecule has 1 N–H and O–H groups in total. The summed E-state index contributed by atoms with van der Waals surface area (Å²) in [5.74, 6) is 1.48. The molecule has 6 heteroatoms. The van der Waals surface area contributed by atoms with Crippen molar-refractivity contribution >= 4 is 5.91 Å². The quantitative estimate of drug-likeness (QED) is 0.767. The van der Waals surface area contributed by atoms with Gasteiger partial charge in [0, 0.05) is 18.7 Å². The van der Waals surface area contributed by atoms with E-state index in [4.69, 9.17) is 18.9 Å². The molecule has 6 nitrogen and oxygen atoms in total. The molecule has 1 aliphatic carbocycles. The van der Waals surface area contributed by atoms with E-state index in [1.54, 1.807) is 19.2 Å². The molecular weight excluding hydrogens is 322 g/mol. The Morgan fingerprint density at radius 3 is 2.80 bits per heavy atom. The zero-order valence-corrected chi connectivity index (χ0v) is 14.8. The average Bonchev–Trinajstić information content (AvgIpc) is 2.67. The predicted molar refractivity (Wildman–Crippen MR) is 93.8 cm³/mol. The van der Waals surface area contributed by atoms with Crippen LogP contribution >= 0.6 is 0 Å². The fraction of sp³-hybridized carbons (Fsp3) is 0.632. The Bertz CT molecular complexity index is 566. The van der Waals surface area contributed by atoms with Crippen molar-refractivity contribution in [2.75, 3.05) is 33.5 Å². The number of nitrogens with one attached hydrogen (secondary N) is 1. The van der Waals surface area contributed by atoms with Gasteiger partial charge in [0.2, 0.25) is 5.75 Å². The summed E-state index contributed by atoms with van der Waals surface area (Å²) in [6.45, 7) is 2.23. The van der Waals surface area contributed by atoms with Gasteiger partial charge in [-0.2, -0.15) is 0 Å². The number of methoxy groups -OCH3 is 1. The molecule has 0 radical (unpaired) electrons. The molecule has 138 valence electrons. The van der Waals surface area contributed by atoms with Crippen molar-refractivity contribution in [3.63, 3.8) is 0 Å². The molecule has 0 aromatic heterocycles. The van der Waals surface area contributed by atoms with Gasteiger partial charge in [0.15, 0.2) is 11.5 Å². The SMILES string of the molecule is COc1cc(C(=O)NCCCOC2CCCCC2)cc2c1OCCO2. The summed E-state index contributed by atoms with van der Waals surface area (Å²) in [7, 11) is 1.55. The molecule has 1 aliphatic heterocycles. The van der Waals surface area contributed by atoms with Crippen LogP contribution < -0.4 is 19.5 Å². The Labute approximate surface area is 148 Å². The topological polar surface area (TPSA) is 66.0 Å². The average molecular weight is 349 g/mol. The van der Waals surface area contributed by atoms with Crippen molar-refractivity contribution < 1.29 is 23.7 Å². The Morgan fingerprint density at radius 1 is 1.20 bits per heavy atom. The first kappa shape index (κ1) is 17.9. The van der Waals surface area contributed by atoms with Crippen LogP contribution in [0.2, 0.25) is 0 Å². The van der Waals surface area contributed by atoms with Gasteiger partial charge in [-0.25, -0.2) is 0 Å². The Kier molecular flexibility index (Phi) is 6.39. The van der Waals surface area contributed by atoms with Crippen LogP contribution in [-0.4, -0.2) is 45.5 Å². The molecule has 1 aromatic carbocycles. The fourth-order valence-electron chi connectivity index (χ4n) is 3.26. The molecule has 3 rings (SSSR count). The summed E-state index contributed by atoms with van der Waals surface area (Å²) in [4.78, 5) is 12.4. The number of rotatable bonds is 7. The lowest BCUT2D eigenvalue weighted by Crippen LogP contribution is -2.26. The molecule has 0 spiro atoms. The van der Waals surface area contributed by atoms with Crippen molar-refractivity contribution in [2.24, 2.45) is 0 Å². The Hall–Kier alpha value is -1.95. The number of hydrogen-bond donors (Lipinski definition) is 1. The highest BCUT2D eigenvalue weighted by Crippen LogP contribution is 2.40. The minimum absolute atomic E-state index is 0.145. The molecule has 0 unspecified atom stereocenters. The summed E-state index contributed by atoms with van der Waals surface area (Å²) >= 11 is 0. The lowest BCUT2D eigenvalue weighted by molar-refractivity contribution is 0.0273. The van der Waals surface area contributed by atoms with Gasteiger partial charge in [-0.3, -0.25) is 4.79 Å². The van der Waals surface area contributed by atoms with E-state index in [1.165, 1.54) is 32.1 Å². The molecule has 0 bridgehead atoms. The first-order chi connectivity index (χ1) is 12.3. The fourth-order valence-corrected chi connectivity index (χ4v) is 3.26. The van der Waals surface area contributed by atoms with Gasteiger partial charge in [0.25, 0.3) is 5.91 Å². The lowest BCUT2D eigenvalue weighted by atomic mass is 9.98. The number of carbonyl (C=O) groups excluding carboxylic acids is 1. The van der Waals surface area contributed by atoms with Crippen molar-refractivity contribution in [2.45, 2.75) is 44.6 Å². The summed E-state index contributed by atoms with van der Waals surface area (Å²) in [5.41, 5.74) is 0.509. The van der Waals surface area contributed by atoms with E-state index >= 15 is 0 Å². The van der Waals surface area contributed by atoms with Crippen molar-refractivity contribution in [1.82, 2.24) is 5.32 Å². The molecular formula is C19H27NO5. The highest BCUT2D eigenvalue weighted by atomic mass is 16.6. The summed E-state index contributed by atoms with van der Waals surface area (Å²) in [5, 5.41) is 2.92. The van der Waals surface area contributed by atoms with Gasteiger partial charge < -0.3 is 24.3 Å². The van der Waals surface area contributed by atoms with Crippen molar-refractivity contribution in [3.05, 3.63) is 17.7 Å². The number of hydrogen-bond acceptors (Lipinski definition) is 5. The third kappa shape index (κ3) is 4.78. The van der Waals surface area contributed by atoms with Crippen LogP contribution in [0.5, 0.6) is 17.2 Å². The zero-order chi connectivity index (χ0) is 17.5. The Morgan fingerprint density at radius 2 is 2.00 bits per heavy atom. The monoisotopic (exact) mass is 349 g/mol. The molecule has 25 heavy (non-hydrogen) atoms. The normalized spacial score (nSPS) is 17.2. The second kappa shape index (κ2) is 8.94. The van der Waals surface area contributed by atoms with Crippen LogP contribution in [0.1, 0.15) is 48.9 Å².